The molecule has 2 aromatic rings. The third-order valence-electron chi connectivity index (χ3n) is 3.40. The summed E-state index contributed by atoms with van der Waals surface area (Å²) in [6.45, 7) is 4.48. The average Bonchev–Trinajstić information content (AvgIpc) is 2.99. The summed E-state index contributed by atoms with van der Waals surface area (Å²) < 4.78 is 0. The van der Waals surface area contributed by atoms with Gasteiger partial charge >= 0.3 is 0 Å². The molecular formula is C14H19N7. The lowest BCUT2D eigenvalue weighted by Gasteiger charge is -2.16. The molecule has 7 nitrogen and oxygen atoms in total. The lowest BCUT2D eigenvalue weighted by atomic mass is 10.3. The minimum atomic E-state index is 0.242. The first-order valence-corrected chi connectivity index (χ1v) is 7.13. The van der Waals surface area contributed by atoms with Crippen LogP contribution in [0.1, 0.15) is 24.2 Å². The number of hydrogen-bond acceptors (Lipinski definition) is 7. The number of pyridine rings is 1. The third kappa shape index (κ3) is 3.36. The zero-order chi connectivity index (χ0) is 14.7. The molecule has 1 saturated heterocycles. The minimum Gasteiger partial charge on any atom is -0.368 e. The minimum absolute atomic E-state index is 0.242. The molecule has 3 heterocycles. The number of rotatable bonds is 4. The maximum absolute atomic E-state index is 5.78. The first-order chi connectivity index (χ1) is 10.2. The van der Waals surface area contributed by atoms with E-state index in [9.17, 15) is 0 Å². The van der Waals surface area contributed by atoms with Gasteiger partial charge < -0.3 is 16.0 Å². The monoisotopic (exact) mass is 285 g/mol. The second kappa shape index (κ2) is 5.90. The Balaban J connectivity index is 1.72. The Morgan fingerprint density at radius 1 is 1.14 bits per heavy atom. The molecule has 0 bridgehead atoms. The van der Waals surface area contributed by atoms with Gasteiger partial charge in [-0.1, -0.05) is 6.07 Å². The Hall–Kier alpha value is -2.44. The standard InChI is InChI=1S/C14H19N7/c1-10-5-4-6-11(17-10)9-16-13-18-12(15)19-14(20-13)21-7-2-3-8-21/h4-6H,2-3,7-9H2,1H3,(H3,15,16,18,19,20). The van der Waals surface area contributed by atoms with Crippen molar-refractivity contribution in [2.75, 3.05) is 29.0 Å². The van der Waals surface area contributed by atoms with Gasteiger partial charge in [0.15, 0.2) is 0 Å². The van der Waals surface area contributed by atoms with Crippen molar-refractivity contribution >= 4 is 17.8 Å². The first-order valence-electron chi connectivity index (χ1n) is 7.13. The highest BCUT2D eigenvalue weighted by atomic mass is 15.3. The number of nitrogen functional groups attached to an aromatic ring is 1. The summed E-state index contributed by atoms with van der Waals surface area (Å²) in [4.78, 5) is 19.3. The number of hydrogen-bond donors (Lipinski definition) is 2. The molecule has 1 aliphatic rings. The van der Waals surface area contributed by atoms with Gasteiger partial charge in [-0.15, -0.1) is 0 Å². The Bertz CT molecular complexity index is 622. The molecule has 0 radical (unpaired) electrons. The van der Waals surface area contributed by atoms with Crippen LogP contribution in [0.2, 0.25) is 0 Å². The van der Waals surface area contributed by atoms with Gasteiger partial charge in [-0.2, -0.15) is 15.0 Å². The maximum Gasteiger partial charge on any atom is 0.231 e. The maximum atomic E-state index is 5.78. The Morgan fingerprint density at radius 3 is 2.71 bits per heavy atom. The summed E-state index contributed by atoms with van der Waals surface area (Å²) in [6, 6.07) is 5.92. The van der Waals surface area contributed by atoms with Crippen molar-refractivity contribution in [3.63, 3.8) is 0 Å². The van der Waals surface area contributed by atoms with Crippen molar-refractivity contribution in [2.24, 2.45) is 0 Å². The Labute approximate surface area is 123 Å². The van der Waals surface area contributed by atoms with Crippen molar-refractivity contribution in [1.82, 2.24) is 19.9 Å². The smallest absolute Gasteiger partial charge is 0.231 e. The van der Waals surface area contributed by atoms with Crippen LogP contribution in [-0.2, 0) is 6.54 Å². The fourth-order valence-corrected chi connectivity index (χ4v) is 2.39. The van der Waals surface area contributed by atoms with Crippen LogP contribution in [0.5, 0.6) is 0 Å². The number of nitrogens with one attached hydrogen (secondary N) is 1. The summed E-state index contributed by atoms with van der Waals surface area (Å²) in [5.74, 6) is 1.39. The van der Waals surface area contributed by atoms with Crippen LogP contribution in [0.4, 0.5) is 17.8 Å². The fourth-order valence-electron chi connectivity index (χ4n) is 2.39. The topological polar surface area (TPSA) is 92.8 Å². The normalized spacial score (nSPS) is 14.4. The molecule has 0 aliphatic carbocycles. The molecule has 1 fully saturated rings. The molecule has 0 aromatic carbocycles. The zero-order valence-electron chi connectivity index (χ0n) is 12.1. The van der Waals surface area contributed by atoms with E-state index < -0.39 is 0 Å². The summed E-state index contributed by atoms with van der Waals surface area (Å²) in [7, 11) is 0. The molecule has 3 N–H and O–H groups in total. The molecule has 0 saturated carbocycles. The third-order valence-corrected chi connectivity index (χ3v) is 3.40. The highest BCUT2D eigenvalue weighted by Crippen LogP contribution is 2.17. The van der Waals surface area contributed by atoms with Gasteiger partial charge in [-0.25, -0.2) is 0 Å². The van der Waals surface area contributed by atoms with E-state index in [-0.39, 0.29) is 5.95 Å². The van der Waals surface area contributed by atoms with Gasteiger partial charge in [0, 0.05) is 18.8 Å². The van der Waals surface area contributed by atoms with Crippen molar-refractivity contribution in [2.45, 2.75) is 26.3 Å². The van der Waals surface area contributed by atoms with E-state index >= 15 is 0 Å². The van der Waals surface area contributed by atoms with Gasteiger partial charge in [-0.3, -0.25) is 4.98 Å². The number of aromatic nitrogens is 4. The number of nitrogens with zero attached hydrogens (tertiary/aromatic N) is 5. The predicted molar refractivity (Wildman–Crippen MR) is 82.0 cm³/mol. The molecule has 0 unspecified atom stereocenters. The molecule has 7 heteroatoms. The van der Waals surface area contributed by atoms with Crippen LogP contribution in [-0.4, -0.2) is 33.0 Å². The van der Waals surface area contributed by atoms with Crippen molar-refractivity contribution in [3.8, 4) is 0 Å². The number of anilines is 3. The Morgan fingerprint density at radius 2 is 1.95 bits per heavy atom. The van der Waals surface area contributed by atoms with E-state index in [1.54, 1.807) is 0 Å². The molecule has 21 heavy (non-hydrogen) atoms. The van der Waals surface area contributed by atoms with Gasteiger partial charge in [0.25, 0.3) is 0 Å². The highest BCUT2D eigenvalue weighted by Gasteiger charge is 2.16. The molecule has 0 spiro atoms. The molecule has 110 valence electrons. The van der Waals surface area contributed by atoms with Crippen molar-refractivity contribution in [1.29, 1.82) is 0 Å². The summed E-state index contributed by atoms with van der Waals surface area (Å²) >= 11 is 0. The predicted octanol–water partition coefficient (Wildman–Crippen LogP) is 1.37. The average molecular weight is 285 g/mol. The molecule has 3 rings (SSSR count). The van der Waals surface area contributed by atoms with E-state index in [0.717, 1.165) is 24.5 Å². The fraction of sp³-hybridized carbons (Fsp3) is 0.429. The van der Waals surface area contributed by atoms with Crippen LogP contribution in [0.3, 0.4) is 0 Å². The molecular weight excluding hydrogens is 266 g/mol. The van der Waals surface area contributed by atoms with Gasteiger partial charge in [0.1, 0.15) is 0 Å². The molecule has 1 aliphatic heterocycles. The van der Waals surface area contributed by atoms with E-state index in [1.807, 2.05) is 25.1 Å². The molecule has 0 atom stereocenters. The Kier molecular flexibility index (Phi) is 3.81. The van der Waals surface area contributed by atoms with Crippen LogP contribution < -0.4 is 16.0 Å². The number of aryl methyl sites for hydroxylation is 1. The lowest BCUT2D eigenvalue weighted by molar-refractivity contribution is 0.878. The van der Waals surface area contributed by atoms with Crippen LogP contribution in [0.15, 0.2) is 18.2 Å². The summed E-state index contributed by atoms with van der Waals surface area (Å²) in [5.41, 5.74) is 7.71. The van der Waals surface area contributed by atoms with Crippen molar-refractivity contribution < 1.29 is 0 Å². The van der Waals surface area contributed by atoms with E-state index in [2.05, 4.69) is 30.2 Å². The zero-order valence-corrected chi connectivity index (χ0v) is 12.1. The van der Waals surface area contributed by atoms with Crippen LogP contribution in [0, 0.1) is 6.92 Å². The van der Waals surface area contributed by atoms with Gasteiger partial charge in [0.2, 0.25) is 17.8 Å². The first kappa shape index (κ1) is 13.5. The summed E-state index contributed by atoms with van der Waals surface area (Å²) in [5, 5.41) is 3.16. The van der Waals surface area contributed by atoms with Gasteiger partial charge in [-0.05, 0) is 31.9 Å². The van der Waals surface area contributed by atoms with Gasteiger partial charge in [0.05, 0.1) is 12.2 Å². The number of nitrogens with two attached hydrogens (primary N) is 1. The molecule has 0 amide bonds. The van der Waals surface area contributed by atoms with E-state index in [4.69, 9.17) is 5.73 Å². The highest BCUT2D eigenvalue weighted by molar-refractivity contribution is 5.42. The molecule has 2 aromatic heterocycles. The van der Waals surface area contributed by atoms with E-state index in [0.29, 0.717) is 18.4 Å². The van der Waals surface area contributed by atoms with Crippen LogP contribution >= 0.6 is 0 Å². The second-order valence-corrected chi connectivity index (χ2v) is 5.14. The second-order valence-electron chi connectivity index (χ2n) is 5.14. The van der Waals surface area contributed by atoms with Crippen LogP contribution in [0.25, 0.3) is 0 Å². The van der Waals surface area contributed by atoms with E-state index in [1.165, 1.54) is 12.8 Å². The van der Waals surface area contributed by atoms with Crippen molar-refractivity contribution in [3.05, 3.63) is 29.6 Å². The largest absolute Gasteiger partial charge is 0.368 e. The summed E-state index contributed by atoms with van der Waals surface area (Å²) in [6.07, 6.45) is 2.34. The quantitative estimate of drug-likeness (QED) is 0.876. The lowest BCUT2D eigenvalue weighted by Crippen LogP contribution is -2.22. The SMILES string of the molecule is Cc1cccc(CNc2nc(N)nc(N3CCCC3)n2)n1.